The summed E-state index contributed by atoms with van der Waals surface area (Å²) in [5, 5.41) is 0. The van der Waals surface area contributed by atoms with E-state index in [0.29, 0.717) is 5.75 Å². The highest BCUT2D eigenvalue weighted by atomic mass is 16.6. The van der Waals surface area contributed by atoms with Crippen LogP contribution in [0.3, 0.4) is 0 Å². The van der Waals surface area contributed by atoms with Crippen molar-refractivity contribution in [2.24, 2.45) is 0 Å². The van der Waals surface area contributed by atoms with Gasteiger partial charge >= 0.3 is 5.97 Å². The second-order valence-electron chi connectivity index (χ2n) is 4.15. The first kappa shape index (κ1) is 12.6. The maximum absolute atomic E-state index is 11.2. The third kappa shape index (κ3) is 4.34. The third-order valence-electron chi connectivity index (χ3n) is 1.92. The van der Waals surface area contributed by atoms with Gasteiger partial charge < -0.3 is 9.47 Å². The summed E-state index contributed by atoms with van der Waals surface area (Å²) >= 11 is 0. The molecule has 0 N–H and O–H groups in total. The Balaban J connectivity index is 2.51. The molecule has 0 bridgehead atoms. The van der Waals surface area contributed by atoms with Crippen LogP contribution in [0, 0.1) is 13.8 Å². The molecule has 0 heterocycles. The lowest BCUT2D eigenvalue weighted by Crippen LogP contribution is -2.18. The van der Waals surface area contributed by atoms with Crippen LogP contribution >= 0.6 is 0 Å². The first-order valence-corrected chi connectivity index (χ1v) is 5.38. The quantitative estimate of drug-likeness (QED) is 0.735. The monoisotopic (exact) mass is 222 g/mol. The Bertz CT molecular complexity index is 349. The zero-order chi connectivity index (χ0) is 12.1. The summed E-state index contributed by atoms with van der Waals surface area (Å²) in [5.74, 6) is 0.368. The topological polar surface area (TPSA) is 35.5 Å². The molecule has 1 rings (SSSR count). The van der Waals surface area contributed by atoms with Crippen LogP contribution in [0.15, 0.2) is 18.2 Å². The van der Waals surface area contributed by atoms with E-state index in [1.807, 2.05) is 39.8 Å². The fourth-order valence-electron chi connectivity index (χ4n) is 1.46. The van der Waals surface area contributed by atoms with Crippen LogP contribution in [-0.4, -0.2) is 18.7 Å². The number of carbonyl (C=O) groups excluding carboxylic acids is 1. The lowest BCUT2D eigenvalue weighted by atomic mass is 10.1. The number of esters is 1. The van der Waals surface area contributed by atoms with Gasteiger partial charge in [-0.1, -0.05) is 6.07 Å². The molecule has 16 heavy (non-hydrogen) atoms. The molecule has 3 nitrogen and oxygen atoms in total. The number of carbonyl (C=O) groups is 1. The maximum atomic E-state index is 11.2. The van der Waals surface area contributed by atoms with Crippen molar-refractivity contribution in [3.8, 4) is 5.75 Å². The molecular formula is C13H18O3. The van der Waals surface area contributed by atoms with Crippen molar-refractivity contribution < 1.29 is 14.3 Å². The molecule has 0 spiro atoms. The Morgan fingerprint density at radius 1 is 1.19 bits per heavy atom. The molecule has 0 aliphatic carbocycles. The van der Waals surface area contributed by atoms with Crippen molar-refractivity contribution in [3.05, 3.63) is 29.3 Å². The Kier molecular flexibility index (Phi) is 4.35. The molecule has 0 atom stereocenters. The van der Waals surface area contributed by atoms with Crippen LogP contribution in [0.2, 0.25) is 0 Å². The summed E-state index contributed by atoms with van der Waals surface area (Å²) in [5.41, 5.74) is 2.24. The van der Waals surface area contributed by atoms with Crippen LogP contribution in [-0.2, 0) is 9.53 Å². The molecule has 0 aromatic heterocycles. The Labute approximate surface area is 96.4 Å². The third-order valence-corrected chi connectivity index (χ3v) is 1.92. The van der Waals surface area contributed by atoms with Gasteiger partial charge in [-0.25, -0.2) is 4.79 Å². The SMILES string of the molecule is Cc1cc(C)cc(OCC(=O)OC(C)C)c1. The van der Waals surface area contributed by atoms with Crippen LogP contribution < -0.4 is 4.74 Å². The Hall–Kier alpha value is -1.51. The summed E-state index contributed by atoms with van der Waals surface area (Å²) in [6, 6.07) is 5.85. The highest BCUT2D eigenvalue weighted by Crippen LogP contribution is 2.16. The van der Waals surface area contributed by atoms with Crippen molar-refractivity contribution in [1.29, 1.82) is 0 Å². The number of rotatable bonds is 4. The van der Waals surface area contributed by atoms with Crippen LogP contribution in [0.25, 0.3) is 0 Å². The van der Waals surface area contributed by atoms with Crippen LogP contribution in [0.4, 0.5) is 0 Å². The van der Waals surface area contributed by atoms with Gasteiger partial charge in [0.05, 0.1) is 6.10 Å². The van der Waals surface area contributed by atoms with Gasteiger partial charge in [0, 0.05) is 0 Å². The fraction of sp³-hybridized carbons (Fsp3) is 0.462. The molecule has 0 unspecified atom stereocenters. The maximum Gasteiger partial charge on any atom is 0.344 e. The average Bonchev–Trinajstić information content (AvgIpc) is 2.12. The zero-order valence-corrected chi connectivity index (χ0v) is 10.2. The molecule has 1 aromatic rings. The molecule has 1 aromatic carbocycles. The second-order valence-corrected chi connectivity index (χ2v) is 4.15. The molecule has 3 heteroatoms. The lowest BCUT2D eigenvalue weighted by Gasteiger charge is -2.10. The number of hydrogen-bond donors (Lipinski definition) is 0. The summed E-state index contributed by atoms with van der Waals surface area (Å²) in [6.07, 6.45) is -0.102. The van der Waals surface area contributed by atoms with Gasteiger partial charge in [-0.15, -0.1) is 0 Å². The van der Waals surface area contributed by atoms with E-state index in [1.165, 1.54) is 0 Å². The average molecular weight is 222 g/mol. The van der Waals surface area contributed by atoms with E-state index in [9.17, 15) is 4.79 Å². The van der Waals surface area contributed by atoms with Crippen LogP contribution in [0.5, 0.6) is 5.75 Å². The minimum Gasteiger partial charge on any atom is -0.482 e. The molecule has 0 amide bonds. The van der Waals surface area contributed by atoms with Gasteiger partial charge in [-0.05, 0) is 51.0 Å². The van der Waals surface area contributed by atoms with E-state index in [2.05, 4.69) is 6.07 Å². The highest BCUT2D eigenvalue weighted by Gasteiger charge is 2.06. The van der Waals surface area contributed by atoms with E-state index in [4.69, 9.17) is 9.47 Å². The minimum absolute atomic E-state index is 0.0406. The number of ether oxygens (including phenoxy) is 2. The van der Waals surface area contributed by atoms with Gasteiger partial charge in [0.1, 0.15) is 5.75 Å². The summed E-state index contributed by atoms with van der Waals surface area (Å²) in [7, 11) is 0. The number of hydrogen-bond acceptors (Lipinski definition) is 3. The smallest absolute Gasteiger partial charge is 0.344 e. The molecular weight excluding hydrogens is 204 g/mol. The Morgan fingerprint density at radius 3 is 2.25 bits per heavy atom. The molecule has 0 saturated carbocycles. The first-order valence-electron chi connectivity index (χ1n) is 5.38. The van der Waals surface area contributed by atoms with Crippen molar-refractivity contribution >= 4 is 5.97 Å². The van der Waals surface area contributed by atoms with Crippen molar-refractivity contribution in [1.82, 2.24) is 0 Å². The number of aryl methyl sites for hydroxylation is 2. The molecule has 0 fully saturated rings. The van der Waals surface area contributed by atoms with Crippen LogP contribution in [0.1, 0.15) is 25.0 Å². The van der Waals surface area contributed by atoms with Gasteiger partial charge in [0.25, 0.3) is 0 Å². The van der Waals surface area contributed by atoms with E-state index >= 15 is 0 Å². The molecule has 0 aliphatic rings. The molecule has 0 aliphatic heterocycles. The second kappa shape index (κ2) is 5.54. The molecule has 0 saturated heterocycles. The fourth-order valence-corrected chi connectivity index (χ4v) is 1.46. The number of benzene rings is 1. The van der Waals surface area contributed by atoms with Gasteiger partial charge in [0.15, 0.2) is 6.61 Å². The van der Waals surface area contributed by atoms with Crippen molar-refractivity contribution in [2.45, 2.75) is 33.8 Å². The largest absolute Gasteiger partial charge is 0.482 e. The molecule has 0 radical (unpaired) electrons. The van der Waals surface area contributed by atoms with E-state index < -0.39 is 0 Å². The zero-order valence-electron chi connectivity index (χ0n) is 10.2. The van der Waals surface area contributed by atoms with Crippen molar-refractivity contribution in [2.75, 3.05) is 6.61 Å². The normalized spacial score (nSPS) is 10.3. The summed E-state index contributed by atoms with van der Waals surface area (Å²) < 4.78 is 10.3. The van der Waals surface area contributed by atoms with Crippen molar-refractivity contribution in [3.63, 3.8) is 0 Å². The lowest BCUT2D eigenvalue weighted by molar-refractivity contribution is -0.149. The first-order chi connectivity index (χ1) is 7.47. The predicted octanol–water partition coefficient (Wildman–Crippen LogP) is 2.63. The van der Waals surface area contributed by atoms with Gasteiger partial charge in [0.2, 0.25) is 0 Å². The molecule has 88 valence electrons. The van der Waals surface area contributed by atoms with Gasteiger partial charge in [-0.2, -0.15) is 0 Å². The Morgan fingerprint density at radius 2 is 1.75 bits per heavy atom. The van der Waals surface area contributed by atoms with E-state index in [1.54, 1.807) is 0 Å². The minimum atomic E-state index is -0.339. The van der Waals surface area contributed by atoms with E-state index in [0.717, 1.165) is 11.1 Å². The summed E-state index contributed by atoms with van der Waals surface area (Å²) in [6.45, 7) is 7.57. The van der Waals surface area contributed by atoms with Gasteiger partial charge in [-0.3, -0.25) is 0 Å². The standard InChI is InChI=1S/C13H18O3/c1-9(2)16-13(14)8-15-12-6-10(3)5-11(4)7-12/h5-7,9H,8H2,1-4H3. The van der Waals surface area contributed by atoms with E-state index in [-0.39, 0.29) is 18.7 Å². The predicted molar refractivity (Wildman–Crippen MR) is 62.6 cm³/mol. The highest BCUT2D eigenvalue weighted by molar-refractivity contribution is 5.71. The summed E-state index contributed by atoms with van der Waals surface area (Å²) in [4.78, 5) is 11.2.